The summed E-state index contributed by atoms with van der Waals surface area (Å²) < 4.78 is 0. The van der Waals surface area contributed by atoms with Gasteiger partial charge in [0.25, 0.3) is 0 Å². The summed E-state index contributed by atoms with van der Waals surface area (Å²) in [6, 6.07) is 0.147. The first-order valence-electron chi connectivity index (χ1n) is 3.70. The molecule has 4 heteroatoms. The van der Waals surface area contributed by atoms with Crippen LogP contribution in [0.5, 0.6) is 0 Å². The molecule has 0 amide bonds. The zero-order chi connectivity index (χ0) is 7.40. The van der Waals surface area contributed by atoms with Gasteiger partial charge in [0.2, 0.25) is 0 Å². The van der Waals surface area contributed by atoms with Crippen LogP contribution in [-0.2, 0) is 4.84 Å². The van der Waals surface area contributed by atoms with Crippen LogP contribution < -0.4 is 5.73 Å². The molecule has 3 nitrogen and oxygen atoms in total. The third-order valence-electron chi connectivity index (χ3n) is 1.83. The Labute approximate surface area is 73.4 Å². The quantitative estimate of drug-likeness (QED) is 0.616. The van der Waals surface area contributed by atoms with Gasteiger partial charge in [0.1, 0.15) is 7.11 Å². The Kier molecular flexibility index (Phi) is 5.24. The highest BCUT2D eigenvalue weighted by Crippen LogP contribution is 2.13. The highest BCUT2D eigenvalue weighted by atomic mass is 35.5. The lowest BCUT2D eigenvalue weighted by atomic mass is 9.94. The van der Waals surface area contributed by atoms with E-state index in [1.165, 1.54) is 12.8 Å². The van der Waals surface area contributed by atoms with Crippen molar-refractivity contribution in [1.29, 1.82) is 0 Å². The Balaban J connectivity index is 0.000001000. The second kappa shape index (κ2) is 5.38. The number of nitrogens with zero attached hydrogens (tertiary/aromatic N) is 1. The summed E-state index contributed by atoms with van der Waals surface area (Å²) in [6.45, 7) is 0. The molecule has 1 aliphatic carbocycles. The number of rotatable bonds is 1. The summed E-state index contributed by atoms with van der Waals surface area (Å²) >= 11 is 0. The zero-order valence-electron chi connectivity index (χ0n) is 6.75. The largest absolute Gasteiger partial charge is 0.399 e. The molecule has 1 aliphatic rings. The van der Waals surface area contributed by atoms with Crippen LogP contribution in [0.15, 0.2) is 5.16 Å². The van der Waals surface area contributed by atoms with E-state index in [4.69, 9.17) is 5.73 Å². The number of nitrogens with two attached hydrogens (primary N) is 1. The summed E-state index contributed by atoms with van der Waals surface area (Å²) in [6.07, 6.45) is 4.50. The van der Waals surface area contributed by atoms with Crippen LogP contribution >= 0.6 is 12.4 Å². The molecule has 0 aromatic carbocycles. The Hall–Kier alpha value is -0.280. The first-order valence-corrected chi connectivity index (χ1v) is 3.70. The molecule has 0 spiro atoms. The van der Waals surface area contributed by atoms with Gasteiger partial charge in [-0.05, 0) is 19.3 Å². The smallest absolute Gasteiger partial charge is 0.106 e. The Bertz CT molecular complexity index is 138. The van der Waals surface area contributed by atoms with Gasteiger partial charge in [-0.3, -0.25) is 0 Å². The Morgan fingerprint density at radius 2 is 2.27 bits per heavy atom. The van der Waals surface area contributed by atoms with Crippen molar-refractivity contribution in [1.82, 2.24) is 0 Å². The summed E-state index contributed by atoms with van der Waals surface area (Å²) in [5, 5.41) is 3.86. The van der Waals surface area contributed by atoms with Crippen LogP contribution in [0.25, 0.3) is 0 Å². The van der Waals surface area contributed by atoms with Crippen molar-refractivity contribution in [3.63, 3.8) is 0 Å². The summed E-state index contributed by atoms with van der Waals surface area (Å²) in [7, 11) is 1.56. The topological polar surface area (TPSA) is 47.6 Å². The van der Waals surface area contributed by atoms with E-state index in [0.717, 1.165) is 18.6 Å². The molecule has 1 atom stereocenters. The predicted octanol–water partition coefficient (Wildman–Crippen LogP) is 1.31. The molecule has 0 heterocycles. The first-order chi connectivity index (χ1) is 4.84. The van der Waals surface area contributed by atoms with Gasteiger partial charge in [-0.2, -0.15) is 0 Å². The van der Waals surface area contributed by atoms with Crippen LogP contribution in [0, 0.1) is 0 Å². The lowest BCUT2D eigenvalue weighted by molar-refractivity contribution is 0.210. The van der Waals surface area contributed by atoms with Gasteiger partial charge in [-0.1, -0.05) is 11.6 Å². The third kappa shape index (κ3) is 3.08. The van der Waals surface area contributed by atoms with E-state index in [2.05, 4.69) is 9.99 Å². The lowest BCUT2D eigenvalue weighted by Crippen LogP contribution is -2.33. The monoisotopic (exact) mass is 178 g/mol. The molecular formula is C7H15ClN2O. The molecule has 0 bridgehead atoms. The molecule has 2 N–H and O–H groups in total. The maximum absolute atomic E-state index is 5.75. The average Bonchev–Trinajstić information content (AvgIpc) is 1.94. The molecular weight excluding hydrogens is 164 g/mol. The molecule has 1 saturated carbocycles. The van der Waals surface area contributed by atoms with E-state index in [9.17, 15) is 0 Å². The fourth-order valence-corrected chi connectivity index (χ4v) is 1.25. The van der Waals surface area contributed by atoms with Gasteiger partial charge in [-0.25, -0.2) is 0 Å². The highest BCUT2D eigenvalue weighted by Gasteiger charge is 2.16. The molecule has 0 aromatic rings. The summed E-state index contributed by atoms with van der Waals surface area (Å²) in [5.74, 6) is 0. The van der Waals surface area contributed by atoms with E-state index in [0.29, 0.717) is 0 Å². The Morgan fingerprint density at radius 3 is 2.82 bits per heavy atom. The van der Waals surface area contributed by atoms with Crippen molar-refractivity contribution in [2.24, 2.45) is 10.9 Å². The number of hydrogen-bond donors (Lipinski definition) is 1. The normalized spacial score (nSPS) is 27.8. The van der Waals surface area contributed by atoms with Gasteiger partial charge in [-0.15, -0.1) is 12.4 Å². The van der Waals surface area contributed by atoms with Gasteiger partial charge < -0.3 is 10.6 Å². The van der Waals surface area contributed by atoms with Crippen molar-refractivity contribution in [3.8, 4) is 0 Å². The Morgan fingerprint density at radius 1 is 1.55 bits per heavy atom. The minimum absolute atomic E-state index is 0. The van der Waals surface area contributed by atoms with Gasteiger partial charge >= 0.3 is 0 Å². The van der Waals surface area contributed by atoms with E-state index >= 15 is 0 Å². The predicted molar refractivity (Wildman–Crippen MR) is 48.1 cm³/mol. The van der Waals surface area contributed by atoms with Crippen molar-refractivity contribution in [2.75, 3.05) is 7.11 Å². The molecule has 0 saturated heterocycles. The SMILES string of the molecule is CO/N=C1\CCCC[C@@H]1N.Cl. The lowest BCUT2D eigenvalue weighted by Gasteiger charge is -2.18. The standard InChI is InChI=1S/C7H14N2O.ClH/c1-10-9-7-5-3-2-4-6(7)8;/h6H,2-5,8H2,1H3;1H/b9-7+;/t6-;/m0./s1. The average molecular weight is 179 g/mol. The highest BCUT2D eigenvalue weighted by molar-refractivity contribution is 5.89. The molecule has 0 radical (unpaired) electrons. The van der Waals surface area contributed by atoms with E-state index in [1.807, 2.05) is 0 Å². The zero-order valence-corrected chi connectivity index (χ0v) is 7.56. The number of hydrogen-bond acceptors (Lipinski definition) is 3. The van der Waals surface area contributed by atoms with Crippen LogP contribution in [-0.4, -0.2) is 18.9 Å². The maximum Gasteiger partial charge on any atom is 0.106 e. The van der Waals surface area contributed by atoms with Crippen LogP contribution in [0.2, 0.25) is 0 Å². The van der Waals surface area contributed by atoms with Crippen molar-refractivity contribution in [3.05, 3.63) is 0 Å². The fourth-order valence-electron chi connectivity index (χ4n) is 1.25. The van der Waals surface area contributed by atoms with Crippen LogP contribution in [0.4, 0.5) is 0 Å². The second-order valence-electron chi connectivity index (χ2n) is 2.62. The third-order valence-corrected chi connectivity index (χ3v) is 1.83. The molecule has 0 aromatic heterocycles. The van der Waals surface area contributed by atoms with E-state index < -0.39 is 0 Å². The first kappa shape index (κ1) is 10.7. The summed E-state index contributed by atoms with van der Waals surface area (Å²) in [4.78, 5) is 4.66. The van der Waals surface area contributed by atoms with E-state index in [1.54, 1.807) is 7.11 Å². The maximum atomic E-state index is 5.75. The van der Waals surface area contributed by atoms with Crippen molar-refractivity contribution >= 4 is 18.1 Å². The van der Waals surface area contributed by atoms with Gasteiger partial charge in [0.05, 0.1) is 5.71 Å². The molecule has 11 heavy (non-hydrogen) atoms. The minimum Gasteiger partial charge on any atom is -0.399 e. The number of oxime groups is 1. The second-order valence-corrected chi connectivity index (χ2v) is 2.62. The molecule has 66 valence electrons. The van der Waals surface area contributed by atoms with Crippen molar-refractivity contribution in [2.45, 2.75) is 31.7 Å². The molecule has 0 unspecified atom stereocenters. The fraction of sp³-hybridized carbons (Fsp3) is 0.857. The van der Waals surface area contributed by atoms with Crippen LogP contribution in [0.3, 0.4) is 0 Å². The number of halogens is 1. The van der Waals surface area contributed by atoms with Gasteiger partial charge in [0.15, 0.2) is 0 Å². The molecule has 1 fully saturated rings. The molecule has 0 aliphatic heterocycles. The van der Waals surface area contributed by atoms with E-state index in [-0.39, 0.29) is 18.4 Å². The molecule has 1 rings (SSSR count). The van der Waals surface area contributed by atoms with Crippen molar-refractivity contribution < 1.29 is 4.84 Å². The van der Waals surface area contributed by atoms with Gasteiger partial charge in [0, 0.05) is 6.04 Å². The van der Waals surface area contributed by atoms with Crippen LogP contribution in [0.1, 0.15) is 25.7 Å². The minimum atomic E-state index is 0. The summed E-state index contributed by atoms with van der Waals surface area (Å²) in [5.41, 5.74) is 6.78.